The van der Waals surface area contributed by atoms with E-state index in [9.17, 15) is 9.59 Å². The molecule has 5 heteroatoms. The summed E-state index contributed by atoms with van der Waals surface area (Å²) in [4.78, 5) is 28.6. The third kappa shape index (κ3) is 4.29. The van der Waals surface area contributed by atoms with Crippen LogP contribution in [0.25, 0.3) is 0 Å². The second kappa shape index (κ2) is 8.15. The first-order chi connectivity index (χ1) is 12.5. The van der Waals surface area contributed by atoms with Crippen molar-refractivity contribution >= 4 is 23.1 Å². The van der Waals surface area contributed by atoms with Crippen molar-refractivity contribution in [3.63, 3.8) is 0 Å². The van der Waals surface area contributed by atoms with Gasteiger partial charge in [0.05, 0.1) is 12.2 Å². The average Bonchev–Trinajstić information content (AvgIpc) is 2.63. The van der Waals surface area contributed by atoms with Gasteiger partial charge in [0.25, 0.3) is 0 Å². The molecular weight excluding hydrogens is 326 g/mol. The van der Waals surface area contributed by atoms with Gasteiger partial charge in [-0.15, -0.1) is 0 Å². The minimum Gasteiger partial charge on any atom is -0.369 e. The number of amides is 1. The Bertz CT molecular complexity index is 795. The summed E-state index contributed by atoms with van der Waals surface area (Å²) in [6.07, 6.45) is 0. The van der Waals surface area contributed by atoms with Crippen LogP contribution >= 0.6 is 0 Å². The Morgan fingerprint density at radius 3 is 2.31 bits per heavy atom. The topological polar surface area (TPSA) is 52.7 Å². The van der Waals surface area contributed by atoms with Crippen molar-refractivity contribution in [3.05, 3.63) is 59.7 Å². The molecule has 1 heterocycles. The van der Waals surface area contributed by atoms with Crippen LogP contribution in [0.5, 0.6) is 0 Å². The minimum absolute atomic E-state index is 0.0484. The van der Waals surface area contributed by atoms with E-state index in [1.165, 1.54) is 18.2 Å². The number of aryl methyl sites for hydroxylation is 1. The fourth-order valence-corrected chi connectivity index (χ4v) is 3.36. The molecule has 0 aliphatic carbocycles. The van der Waals surface area contributed by atoms with E-state index in [1.54, 1.807) is 18.2 Å². The van der Waals surface area contributed by atoms with E-state index < -0.39 is 0 Å². The lowest BCUT2D eigenvalue weighted by molar-refractivity contribution is -0.117. The van der Waals surface area contributed by atoms with Gasteiger partial charge in [-0.25, -0.2) is 0 Å². The molecule has 1 N–H and O–H groups in total. The summed E-state index contributed by atoms with van der Waals surface area (Å²) in [7, 11) is 0. The predicted molar refractivity (Wildman–Crippen MR) is 105 cm³/mol. The summed E-state index contributed by atoms with van der Waals surface area (Å²) in [6.45, 7) is 7.47. The molecule has 2 aromatic rings. The fraction of sp³-hybridized carbons (Fsp3) is 0.333. The third-order valence-electron chi connectivity index (χ3n) is 4.78. The first-order valence-corrected chi connectivity index (χ1v) is 8.97. The van der Waals surface area contributed by atoms with Gasteiger partial charge >= 0.3 is 0 Å². The average molecular weight is 351 g/mol. The Hall–Kier alpha value is -2.66. The normalized spacial score (nSPS) is 14.9. The molecule has 136 valence electrons. The maximum Gasteiger partial charge on any atom is 0.238 e. The number of piperazine rings is 1. The molecule has 0 bridgehead atoms. The monoisotopic (exact) mass is 351 g/mol. The van der Waals surface area contributed by atoms with Crippen molar-refractivity contribution in [2.24, 2.45) is 0 Å². The van der Waals surface area contributed by atoms with Gasteiger partial charge in [0.1, 0.15) is 0 Å². The van der Waals surface area contributed by atoms with Gasteiger partial charge in [0, 0.05) is 37.4 Å². The summed E-state index contributed by atoms with van der Waals surface area (Å²) in [5.74, 6) is -0.129. The number of carbonyl (C=O) groups excluding carboxylic acids is 2. The second-order valence-electron chi connectivity index (χ2n) is 6.70. The first kappa shape index (κ1) is 18.1. The molecule has 1 amide bonds. The van der Waals surface area contributed by atoms with Gasteiger partial charge in [-0.2, -0.15) is 0 Å². The largest absolute Gasteiger partial charge is 0.369 e. The van der Waals surface area contributed by atoms with Crippen LogP contribution in [-0.4, -0.2) is 49.3 Å². The van der Waals surface area contributed by atoms with Crippen LogP contribution in [0.2, 0.25) is 0 Å². The molecular formula is C21H25N3O2. The highest BCUT2D eigenvalue weighted by Crippen LogP contribution is 2.21. The van der Waals surface area contributed by atoms with Crippen molar-refractivity contribution in [2.45, 2.75) is 13.8 Å². The van der Waals surface area contributed by atoms with Gasteiger partial charge in [-0.1, -0.05) is 30.3 Å². The van der Waals surface area contributed by atoms with Crippen molar-refractivity contribution in [1.29, 1.82) is 0 Å². The number of anilines is 2. The molecule has 0 aromatic heterocycles. The summed E-state index contributed by atoms with van der Waals surface area (Å²) in [6, 6.07) is 15.5. The highest BCUT2D eigenvalue weighted by Gasteiger charge is 2.20. The number of hydrogen-bond donors (Lipinski definition) is 1. The molecule has 1 aliphatic rings. The summed E-state index contributed by atoms with van der Waals surface area (Å²) >= 11 is 0. The molecule has 5 nitrogen and oxygen atoms in total. The van der Waals surface area contributed by atoms with Crippen molar-refractivity contribution in [2.75, 3.05) is 42.9 Å². The van der Waals surface area contributed by atoms with Gasteiger partial charge in [-0.3, -0.25) is 14.5 Å². The number of benzene rings is 2. The molecule has 1 fully saturated rings. The number of nitrogens with one attached hydrogen (secondary N) is 1. The number of ketones is 1. The molecule has 0 saturated carbocycles. The van der Waals surface area contributed by atoms with E-state index in [0.717, 1.165) is 26.2 Å². The molecule has 1 aliphatic heterocycles. The number of Topliss-reactive ketones (excluding diaryl/α,β-unsaturated/α-hetero) is 1. The van der Waals surface area contributed by atoms with Crippen molar-refractivity contribution in [1.82, 2.24) is 4.90 Å². The van der Waals surface area contributed by atoms with E-state index in [4.69, 9.17) is 0 Å². The quantitative estimate of drug-likeness (QED) is 0.842. The van der Waals surface area contributed by atoms with Crippen LogP contribution in [0.4, 0.5) is 11.4 Å². The van der Waals surface area contributed by atoms with Gasteiger partial charge in [0.2, 0.25) is 5.91 Å². The van der Waals surface area contributed by atoms with Gasteiger partial charge in [0.15, 0.2) is 5.78 Å². The molecule has 3 rings (SSSR count). The smallest absolute Gasteiger partial charge is 0.238 e. The number of hydrogen-bond acceptors (Lipinski definition) is 4. The zero-order valence-corrected chi connectivity index (χ0v) is 15.4. The maximum atomic E-state index is 12.4. The molecule has 0 unspecified atom stereocenters. The molecule has 1 saturated heterocycles. The third-order valence-corrected chi connectivity index (χ3v) is 4.78. The van der Waals surface area contributed by atoms with Crippen LogP contribution in [0.15, 0.2) is 48.5 Å². The Kier molecular flexibility index (Phi) is 5.68. The first-order valence-electron chi connectivity index (χ1n) is 8.97. The molecule has 2 aromatic carbocycles. The van der Waals surface area contributed by atoms with E-state index >= 15 is 0 Å². The Labute approximate surface area is 154 Å². The lowest BCUT2D eigenvalue weighted by atomic mass is 10.1. The molecule has 0 spiro atoms. The Morgan fingerprint density at radius 1 is 0.962 bits per heavy atom. The SMILES string of the molecule is CC(=O)c1ccccc1NC(=O)CN1CCN(c2ccccc2C)CC1. The summed E-state index contributed by atoms with van der Waals surface area (Å²) < 4.78 is 0. The van der Waals surface area contributed by atoms with E-state index in [-0.39, 0.29) is 11.7 Å². The van der Waals surface area contributed by atoms with E-state index in [1.807, 2.05) is 6.07 Å². The molecule has 26 heavy (non-hydrogen) atoms. The fourth-order valence-electron chi connectivity index (χ4n) is 3.36. The van der Waals surface area contributed by atoms with Crippen LogP contribution in [-0.2, 0) is 4.79 Å². The van der Waals surface area contributed by atoms with Crippen molar-refractivity contribution in [3.8, 4) is 0 Å². The van der Waals surface area contributed by atoms with Crippen LogP contribution in [0.3, 0.4) is 0 Å². The summed E-state index contributed by atoms with van der Waals surface area (Å²) in [5, 5.41) is 2.88. The zero-order valence-electron chi connectivity index (χ0n) is 15.4. The zero-order chi connectivity index (χ0) is 18.5. The summed E-state index contributed by atoms with van der Waals surface area (Å²) in [5.41, 5.74) is 3.68. The van der Waals surface area contributed by atoms with E-state index in [0.29, 0.717) is 17.8 Å². The minimum atomic E-state index is -0.0805. The molecule has 0 radical (unpaired) electrons. The van der Waals surface area contributed by atoms with Crippen LogP contribution in [0, 0.1) is 6.92 Å². The highest BCUT2D eigenvalue weighted by molar-refractivity contribution is 6.04. The highest BCUT2D eigenvalue weighted by atomic mass is 16.2. The number of nitrogens with zero attached hydrogens (tertiary/aromatic N) is 2. The number of rotatable bonds is 5. The van der Waals surface area contributed by atoms with Crippen LogP contribution < -0.4 is 10.2 Å². The predicted octanol–water partition coefficient (Wildman–Crippen LogP) is 2.96. The number of carbonyl (C=O) groups is 2. The van der Waals surface area contributed by atoms with Crippen LogP contribution in [0.1, 0.15) is 22.8 Å². The lowest BCUT2D eigenvalue weighted by Crippen LogP contribution is -2.48. The van der Waals surface area contributed by atoms with Gasteiger partial charge in [-0.05, 0) is 37.6 Å². The maximum absolute atomic E-state index is 12.4. The second-order valence-corrected chi connectivity index (χ2v) is 6.70. The number of para-hydroxylation sites is 2. The standard InChI is InChI=1S/C21H25N3O2/c1-16-7-3-6-10-20(16)24-13-11-23(12-14-24)15-21(26)22-19-9-5-4-8-18(19)17(2)25/h3-10H,11-15H2,1-2H3,(H,22,26). The Balaban J connectivity index is 1.54. The van der Waals surface area contributed by atoms with Crippen molar-refractivity contribution < 1.29 is 9.59 Å². The lowest BCUT2D eigenvalue weighted by Gasteiger charge is -2.36. The van der Waals surface area contributed by atoms with E-state index in [2.05, 4.69) is 46.3 Å². The van der Waals surface area contributed by atoms with Gasteiger partial charge < -0.3 is 10.2 Å². The molecule has 0 atom stereocenters. The Morgan fingerprint density at radius 2 is 1.62 bits per heavy atom.